The molecule has 0 saturated carbocycles. The monoisotopic (exact) mass is 301 g/mol. The van der Waals surface area contributed by atoms with E-state index in [1.807, 2.05) is 6.92 Å². The van der Waals surface area contributed by atoms with Gasteiger partial charge in [0.2, 0.25) is 0 Å². The fourth-order valence-electron chi connectivity index (χ4n) is 1.21. The van der Waals surface area contributed by atoms with Crippen LogP contribution in [-0.2, 0) is 4.74 Å². The van der Waals surface area contributed by atoms with Crippen LogP contribution in [0.3, 0.4) is 0 Å². The molecule has 17 heavy (non-hydrogen) atoms. The summed E-state index contributed by atoms with van der Waals surface area (Å²) < 4.78 is 5.15. The number of unbranched alkanes of at least 4 members (excludes halogenated alkanes) is 1. The van der Waals surface area contributed by atoms with Crippen molar-refractivity contribution in [3.63, 3.8) is 0 Å². The molecule has 0 aliphatic carbocycles. The van der Waals surface area contributed by atoms with Crippen molar-refractivity contribution in [1.82, 2.24) is 0 Å². The molecule has 0 aliphatic heterocycles. The number of esters is 1. The Morgan fingerprint density at radius 1 is 1.53 bits per heavy atom. The van der Waals surface area contributed by atoms with Crippen molar-refractivity contribution in [2.75, 3.05) is 6.61 Å². The summed E-state index contributed by atoms with van der Waals surface area (Å²) in [5, 5.41) is 10.7. The van der Waals surface area contributed by atoms with Crippen LogP contribution in [-0.4, -0.2) is 17.5 Å². The number of carbonyl (C=O) groups is 1. The van der Waals surface area contributed by atoms with Gasteiger partial charge in [-0.25, -0.2) is 4.79 Å². The van der Waals surface area contributed by atoms with E-state index in [1.165, 1.54) is 18.2 Å². The summed E-state index contributed by atoms with van der Waals surface area (Å²) in [4.78, 5) is 21.8. The number of carbonyl (C=O) groups excluding carboxylic acids is 1. The van der Waals surface area contributed by atoms with E-state index in [0.717, 1.165) is 12.8 Å². The second-order valence-electron chi connectivity index (χ2n) is 3.39. The van der Waals surface area contributed by atoms with E-state index < -0.39 is 10.9 Å². The van der Waals surface area contributed by atoms with E-state index in [4.69, 9.17) is 4.74 Å². The van der Waals surface area contributed by atoms with Crippen LogP contribution in [0.15, 0.2) is 22.7 Å². The number of ether oxygens (including phenoxy) is 1. The van der Waals surface area contributed by atoms with Gasteiger partial charge in [0.1, 0.15) is 4.47 Å². The van der Waals surface area contributed by atoms with Crippen molar-refractivity contribution in [2.24, 2.45) is 0 Å². The number of nitro benzene ring substituents is 1. The van der Waals surface area contributed by atoms with E-state index in [-0.39, 0.29) is 15.7 Å². The molecule has 5 nitrogen and oxygen atoms in total. The molecule has 0 amide bonds. The lowest BCUT2D eigenvalue weighted by atomic mass is 10.2. The number of benzene rings is 1. The highest BCUT2D eigenvalue weighted by atomic mass is 79.9. The van der Waals surface area contributed by atoms with Crippen LogP contribution in [0.2, 0.25) is 0 Å². The molecule has 92 valence electrons. The summed E-state index contributed by atoms with van der Waals surface area (Å²) in [5.74, 6) is -0.547. The Hall–Kier alpha value is -1.43. The lowest BCUT2D eigenvalue weighted by molar-refractivity contribution is -0.385. The van der Waals surface area contributed by atoms with Gasteiger partial charge in [-0.15, -0.1) is 0 Å². The predicted octanol–water partition coefficient (Wildman–Crippen LogP) is 3.31. The maximum Gasteiger partial charge on any atom is 0.339 e. The van der Waals surface area contributed by atoms with E-state index in [2.05, 4.69) is 15.9 Å². The fourth-order valence-corrected chi connectivity index (χ4v) is 1.78. The molecule has 0 N–H and O–H groups in total. The molecule has 0 atom stereocenters. The summed E-state index contributed by atoms with van der Waals surface area (Å²) in [5.41, 5.74) is 0.0326. The maximum atomic E-state index is 11.6. The van der Waals surface area contributed by atoms with Crippen molar-refractivity contribution in [2.45, 2.75) is 19.8 Å². The minimum absolute atomic E-state index is 0.144. The average Bonchev–Trinajstić information content (AvgIpc) is 2.29. The largest absolute Gasteiger partial charge is 0.462 e. The Labute approximate surface area is 107 Å². The van der Waals surface area contributed by atoms with Crippen LogP contribution in [0.4, 0.5) is 5.69 Å². The molecule has 0 fully saturated rings. The molecule has 0 saturated heterocycles. The van der Waals surface area contributed by atoms with Crippen LogP contribution in [0.25, 0.3) is 0 Å². The summed E-state index contributed by atoms with van der Waals surface area (Å²) in [6.07, 6.45) is 1.70. The first-order chi connectivity index (χ1) is 8.07. The van der Waals surface area contributed by atoms with Gasteiger partial charge in [-0.05, 0) is 28.4 Å². The zero-order valence-corrected chi connectivity index (χ0v) is 10.9. The third-order valence-electron chi connectivity index (χ3n) is 2.13. The molecule has 1 aromatic rings. The molecule has 1 rings (SSSR count). The van der Waals surface area contributed by atoms with Gasteiger partial charge in [0, 0.05) is 6.07 Å². The maximum absolute atomic E-state index is 11.6. The molecule has 0 aliphatic rings. The van der Waals surface area contributed by atoms with E-state index in [1.54, 1.807) is 0 Å². The van der Waals surface area contributed by atoms with Gasteiger partial charge in [0.05, 0.1) is 17.1 Å². The summed E-state index contributed by atoms with van der Waals surface area (Å²) in [6, 6.07) is 4.28. The number of nitrogens with zero attached hydrogens (tertiary/aromatic N) is 1. The van der Waals surface area contributed by atoms with E-state index in [9.17, 15) is 14.9 Å². The molecule has 6 heteroatoms. The van der Waals surface area contributed by atoms with Gasteiger partial charge in [-0.3, -0.25) is 10.1 Å². The quantitative estimate of drug-likeness (QED) is 0.362. The molecule has 0 unspecified atom stereocenters. The van der Waals surface area contributed by atoms with Crippen molar-refractivity contribution in [1.29, 1.82) is 0 Å². The molecule has 1 aromatic carbocycles. The summed E-state index contributed by atoms with van der Waals surface area (Å²) in [6.45, 7) is 2.31. The molecule has 0 radical (unpaired) electrons. The van der Waals surface area contributed by atoms with Crippen molar-refractivity contribution < 1.29 is 14.5 Å². The van der Waals surface area contributed by atoms with Crippen molar-refractivity contribution in [3.8, 4) is 0 Å². The highest BCUT2D eigenvalue weighted by Crippen LogP contribution is 2.28. The van der Waals surface area contributed by atoms with E-state index in [0.29, 0.717) is 6.61 Å². The summed E-state index contributed by atoms with van der Waals surface area (Å²) in [7, 11) is 0. The van der Waals surface area contributed by atoms with Crippen LogP contribution < -0.4 is 0 Å². The van der Waals surface area contributed by atoms with Crippen LogP contribution in [0.5, 0.6) is 0 Å². The SMILES string of the molecule is CCCCOC(=O)c1cccc([N+](=O)[O-])c1Br. The van der Waals surface area contributed by atoms with Crippen molar-refractivity contribution in [3.05, 3.63) is 38.3 Å². The predicted molar refractivity (Wildman–Crippen MR) is 66.0 cm³/mol. The zero-order valence-electron chi connectivity index (χ0n) is 9.31. The minimum atomic E-state index is -0.549. The Bertz CT molecular complexity index is 433. The van der Waals surface area contributed by atoms with Gasteiger partial charge in [0.15, 0.2) is 0 Å². The second-order valence-corrected chi connectivity index (χ2v) is 4.18. The molecule has 0 spiro atoms. The normalized spacial score (nSPS) is 10.0. The first-order valence-corrected chi connectivity index (χ1v) is 5.97. The number of hydrogen-bond acceptors (Lipinski definition) is 4. The van der Waals surface area contributed by atoms with Gasteiger partial charge < -0.3 is 4.74 Å². The number of hydrogen-bond donors (Lipinski definition) is 0. The van der Waals surface area contributed by atoms with Crippen molar-refractivity contribution >= 4 is 27.6 Å². The number of halogens is 1. The first-order valence-electron chi connectivity index (χ1n) is 5.18. The molecule has 0 heterocycles. The summed E-state index contributed by atoms with van der Waals surface area (Å²) >= 11 is 3.05. The fraction of sp³-hybridized carbons (Fsp3) is 0.364. The molecule has 0 bridgehead atoms. The van der Waals surface area contributed by atoms with Gasteiger partial charge in [0.25, 0.3) is 5.69 Å². The number of rotatable bonds is 5. The Balaban J connectivity index is 2.87. The van der Waals surface area contributed by atoms with Crippen LogP contribution >= 0.6 is 15.9 Å². The number of nitro groups is 1. The second kappa shape index (κ2) is 6.34. The minimum Gasteiger partial charge on any atom is -0.462 e. The topological polar surface area (TPSA) is 69.4 Å². The van der Waals surface area contributed by atoms with E-state index >= 15 is 0 Å². The van der Waals surface area contributed by atoms with Gasteiger partial charge in [-0.2, -0.15) is 0 Å². The third kappa shape index (κ3) is 3.52. The van der Waals surface area contributed by atoms with Crippen LogP contribution in [0.1, 0.15) is 30.1 Å². The van der Waals surface area contributed by atoms with Crippen LogP contribution in [0, 0.1) is 10.1 Å². The average molecular weight is 302 g/mol. The smallest absolute Gasteiger partial charge is 0.339 e. The van der Waals surface area contributed by atoms with Gasteiger partial charge >= 0.3 is 5.97 Å². The lowest BCUT2D eigenvalue weighted by Gasteiger charge is -2.05. The Morgan fingerprint density at radius 3 is 2.82 bits per heavy atom. The third-order valence-corrected chi connectivity index (χ3v) is 2.96. The standard InChI is InChI=1S/C11H12BrNO4/c1-2-3-7-17-11(14)8-5-4-6-9(10(8)12)13(15)16/h4-6H,2-3,7H2,1H3. The zero-order chi connectivity index (χ0) is 12.8. The highest BCUT2D eigenvalue weighted by molar-refractivity contribution is 9.10. The van der Waals surface area contributed by atoms with Gasteiger partial charge in [-0.1, -0.05) is 19.4 Å². The first kappa shape index (κ1) is 13.6. The molecular weight excluding hydrogens is 290 g/mol. The highest BCUT2D eigenvalue weighted by Gasteiger charge is 2.20. The molecular formula is C11H12BrNO4. The Morgan fingerprint density at radius 2 is 2.24 bits per heavy atom. The Kier molecular flexibility index (Phi) is 5.09. The molecule has 0 aromatic heterocycles. The lowest BCUT2D eigenvalue weighted by Crippen LogP contribution is -2.08.